The van der Waals surface area contributed by atoms with Crippen molar-refractivity contribution in [2.75, 3.05) is 0 Å². The van der Waals surface area contributed by atoms with Gasteiger partial charge in [0.1, 0.15) is 12.2 Å². The molecule has 6 heteroatoms. The molecule has 26 heavy (non-hydrogen) atoms. The molecule has 130 valence electrons. The van der Waals surface area contributed by atoms with Crippen LogP contribution >= 0.6 is 0 Å². The van der Waals surface area contributed by atoms with Crippen molar-refractivity contribution < 1.29 is 9.21 Å². The Morgan fingerprint density at radius 2 is 1.85 bits per heavy atom. The first-order valence-corrected chi connectivity index (χ1v) is 8.40. The summed E-state index contributed by atoms with van der Waals surface area (Å²) < 4.78 is 7.48. The average Bonchev–Trinajstić information content (AvgIpc) is 3.25. The Kier molecular flexibility index (Phi) is 4.23. The van der Waals surface area contributed by atoms with Crippen molar-refractivity contribution in [2.45, 2.75) is 20.0 Å². The van der Waals surface area contributed by atoms with Crippen molar-refractivity contribution in [3.8, 4) is 11.6 Å². The molecule has 0 atom stereocenters. The maximum absolute atomic E-state index is 12.5. The average molecular weight is 346 g/mol. The lowest BCUT2D eigenvalue weighted by molar-refractivity contribution is -0.121. The number of hydrogen-bond acceptors (Lipinski definition) is 4. The maximum atomic E-state index is 12.5. The third-order valence-corrected chi connectivity index (χ3v) is 4.19. The number of fused-ring (bicyclic) bond motifs is 1. The SMILES string of the molecule is Cc1nnc(-c2cc3ccccc3n2CC(=O)NCc2ccccc2)o1. The topological polar surface area (TPSA) is 73.0 Å². The predicted octanol–water partition coefficient (Wildman–Crippen LogP) is 3.32. The molecule has 0 aliphatic rings. The lowest BCUT2D eigenvalue weighted by Crippen LogP contribution is -2.27. The van der Waals surface area contributed by atoms with Crippen LogP contribution in [0.1, 0.15) is 11.5 Å². The molecule has 2 aromatic heterocycles. The van der Waals surface area contributed by atoms with E-state index in [0.29, 0.717) is 18.3 Å². The normalized spacial score (nSPS) is 11.0. The summed E-state index contributed by atoms with van der Waals surface area (Å²) >= 11 is 0. The maximum Gasteiger partial charge on any atom is 0.264 e. The second kappa shape index (κ2) is 6.84. The Hall–Kier alpha value is -3.41. The molecule has 2 heterocycles. The van der Waals surface area contributed by atoms with Crippen LogP contribution in [0.5, 0.6) is 0 Å². The van der Waals surface area contributed by atoms with Crippen LogP contribution in [0.2, 0.25) is 0 Å². The molecule has 4 rings (SSSR count). The summed E-state index contributed by atoms with van der Waals surface area (Å²) in [5, 5.41) is 12.0. The van der Waals surface area contributed by atoms with Gasteiger partial charge in [0, 0.05) is 24.4 Å². The highest BCUT2D eigenvalue weighted by atomic mass is 16.4. The molecule has 0 saturated carbocycles. The highest BCUT2D eigenvalue weighted by Gasteiger charge is 2.17. The molecule has 1 N–H and O–H groups in total. The second-order valence-corrected chi connectivity index (χ2v) is 6.06. The standard InChI is InChI=1S/C20H18N4O2/c1-14-22-23-20(26-14)18-11-16-9-5-6-10-17(16)24(18)13-19(25)21-12-15-7-3-2-4-8-15/h2-11H,12-13H2,1H3,(H,21,25). The van der Waals surface area contributed by atoms with Gasteiger partial charge in [-0.3, -0.25) is 4.79 Å². The Balaban J connectivity index is 1.61. The molecule has 0 aliphatic heterocycles. The van der Waals surface area contributed by atoms with Gasteiger partial charge in [-0.2, -0.15) is 0 Å². The number of hydrogen-bond donors (Lipinski definition) is 1. The number of carbonyl (C=O) groups excluding carboxylic acids is 1. The summed E-state index contributed by atoms with van der Waals surface area (Å²) in [6.45, 7) is 2.42. The van der Waals surface area contributed by atoms with Gasteiger partial charge in [0.2, 0.25) is 11.8 Å². The molecule has 0 fully saturated rings. The Bertz CT molecular complexity index is 1050. The number of rotatable bonds is 5. The molecule has 1 amide bonds. The fraction of sp³-hybridized carbons (Fsp3) is 0.150. The molecular weight excluding hydrogens is 328 g/mol. The van der Waals surface area contributed by atoms with Crippen LogP contribution in [-0.4, -0.2) is 20.7 Å². The number of aromatic nitrogens is 3. The molecule has 0 radical (unpaired) electrons. The zero-order chi connectivity index (χ0) is 17.9. The number of benzene rings is 2. The van der Waals surface area contributed by atoms with E-state index >= 15 is 0 Å². The molecule has 0 aliphatic carbocycles. The largest absolute Gasteiger partial charge is 0.420 e. The highest BCUT2D eigenvalue weighted by Crippen LogP contribution is 2.27. The fourth-order valence-corrected chi connectivity index (χ4v) is 2.95. The fourth-order valence-electron chi connectivity index (χ4n) is 2.95. The number of aryl methyl sites for hydroxylation is 1. The lowest BCUT2D eigenvalue weighted by Gasteiger charge is -2.10. The summed E-state index contributed by atoms with van der Waals surface area (Å²) in [6.07, 6.45) is 0. The van der Waals surface area contributed by atoms with E-state index in [9.17, 15) is 4.79 Å². The van der Waals surface area contributed by atoms with Crippen LogP contribution in [0.4, 0.5) is 0 Å². The minimum absolute atomic E-state index is 0.0762. The smallest absolute Gasteiger partial charge is 0.264 e. The van der Waals surface area contributed by atoms with Gasteiger partial charge >= 0.3 is 0 Å². The van der Waals surface area contributed by atoms with E-state index in [2.05, 4.69) is 15.5 Å². The van der Waals surface area contributed by atoms with Crippen molar-refractivity contribution in [1.29, 1.82) is 0 Å². The summed E-state index contributed by atoms with van der Waals surface area (Å²) in [7, 11) is 0. The van der Waals surface area contributed by atoms with E-state index in [4.69, 9.17) is 4.42 Å². The van der Waals surface area contributed by atoms with Crippen molar-refractivity contribution in [1.82, 2.24) is 20.1 Å². The quantitative estimate of drug-likeness (QED) is 0.602. The van der Waals surface area contributed by atoms with E-state index in [0.717, 1.165) is 22.2 Å². The van der Waals surface area contributed by atoms with E-state index in [-0.39, 0.29) is 12.5 Å². The van der Waals surface area contributed by atoms with Gasteiger partial charge in [-0.1, -0.05) is 48.5 Å². The predicted molar refractivity (Wildman–Crippen MR) is 98.3 cm³/mol. The lowest BCUT2D eigenvalue weighted by atomic mass is 10.2. The number of nitrogens with one attached hydrogen (secondary N) is 1. The van der Waals surface area contributed by atoms with Gasteiger partial charge in [-0.25, -0.2) is 0 Å². The number of carbonyl (C=O) groups is 1. The monoisotopic (exact) mass is 346 g/mol. The molecular formula is C20H18N4O2. The summed E-state index contributed by atoms with van der Waals surface area (Å²) in [5.74, 6) is 0.826. The third kappa shape index (κ3) is 3.21. The van der Waals surface area contributed by atoms with Crippen molar-refractivity contribution in [3.63, 3.8) is 0 Å². The van der Waals surface area contributed by atoms with Crippen LogP contribution in [-0.2, 0) is 17.9 Å². The van der Waals surface area contributed by atoms with Gasteiger partial charge in [-0.05, 0) is 17.7 Å². The minimum Gasteiger partial charge on any atom is -0.420 e. The van der Waals surface area contributed by atoms with Gasteiger partial charge in [0.15, 0.2) is 0 Å². The van der Waals surface area contributed by atoms with Crippen LogP contribution < -0.4 is 5.32 Å². The molecule has 0 saturated heterocycles. The van der Waals surface area contributed by atoms with E-state index < -0.39 is 0 Å². The first-order valence-electron chi connectivity index (χ1n) is 8.40. The van der Waals surface area contributed by atoms with Crippen LogP contribution in [0.15, 0.2) is 65.1 Å². The Morgan fingerprint density at radius 1 is 1.08 bits per heavy atom. The zero-order valence-corrected chi connectivity index (χ0v) is 14.3. The summed E-state index contributed by atoms with van der Waals surface area (Å²) in [4.78, 5) is 12.5. The number of para-hydroxylation sites is 1. The number of amides is 1. The Labute approximate surface area is 150 Å². The first kappa shape index (κ1) is 16.1. The minimum atomic E-state index is -0.0762. The molecule has 4 aromatic rings. The van der Waals surface area contributed by atoms with Gasteiger partial charge in [0.05, 0.1) is 0 Å². The summed E-state index contributed by atoms with van der Waals surface area (Å²) in [6, 6.07) is 19.7. The zero-order valence-electron chi connectivity index (χ0n) is 14.3. The third-order valence-electron chi connectivity index (χ3n) is 4.19. The van der Waals surface area contributed by atoms with Crippen LogP contribution in [0.3, 0.4) is 0 Å². The second-order valence-electron chi connectivity index (χ2n) is 6.06. The van der Waals surface area contributed by atoms with Crippen LogP contribution in [0.25, 0.3) is 22.5 Å². The molecule has 0 spiro atoms. The first-order chi connectivity index (χ1) is 12.7. The van der Waals surface area contributed by atoms with Crippen molar-refractivity contribution in [2.24, 2.45) is 0 Å². The Morgan fingerprint density at radius 3 is 2.62 bits per heavy atom. The molecule has 2 aromatic carbocycles. The molecule has 0 unspecified atom stereocenters. The van der Waals surface area contributed by atoms with Crippen molar-refractivity contribution >= 4 is 16.8 Å². The van der Waals surface area contributed by atoms with Gasteiger partial charge in [0.25, 0.3) is 5.89 Å². The van der Waals surface area contributed by atoms with Crippen LogP contribution in [0, 0.1) is 6.92 Å². The number of nitrogens with zero attached hydrogens (tertiary/aromatic N) is 3. The van der Waals surface area contributed by atoms with Gasteiger partial charge in [-0.15, -0.1) is 10.2 Å². The molecule has 0 bridgehead atoms. The van der Waals surface area contributed by atoms with Gasteiger partial charge < -0.3 is 14.3 Å². The van der Waals surface area contributed by atoms with E-state index in [1.54, 1.807) is 6.92 Å². The van der Waals surface area contributed by atoms with E-state index in [1.807, 2.05) is 65.2 Å². The molecule has 6 nitrogen and oxygen atoms in total. The van der Waals surface area contributed by atoms with Crippen molar-refractivity contribution in [3.05, 3.63) is 72.1 Å². The summed E-state index contributed by atoms with van der Waals surface area (Å²) in [5.41, 5.74) is 2.75. The highest BCUT2D eigenvalue weighted by molar-refractivity contribution is 5.88. The van der Waals surface area contributed by atoms with E-state index in [1.165, 1.54) is 0 Å².